The number of aliphatic hydroxyl groups excluding tert-OH is 1. The largest absolute Gasteiger partial charge is 0.507 e. The molecule has 0 saturated carbocycles. The summed E-state index contributed by atoms with van der Waals surface area (Å²) >= 11 is 11.1. The number of aromatic hydroxyl groups is 1. The van der Waals surface area contributed by atoms with Crippen molar-refractivity contribution < 1.29 is 23.4 Å². The van der Waals surface area contributed by atoms with Crippen molar-refractivity contribution in [1.82, 2.24) is 0 Å². The lowest BCUT2D eigenvalue weighted by molar-refractivity contribution is -0.210. The van der Waals surface area contributed by atoms with Crippen LogP contribution in [0, 0.1) is 0 Å². The van der Waals surface area contributed by atoms with E-state index in [0.717, 1.165) is 12.1 Å². The third-order valence-corrected chi connectivity index (χ3v) is 2.61. The van der Waals surface area contributed by atoms with Crippen LogP contribution < -0.4 is 5.73 Å². The maximum Gasteiger partial charge on any atom is 0.416 e. The number of alkyl halides is 3. The Morgan fingerprint density at radius 1 is 1.24 bits per heavy atom. The molecule has 0 fully saturated rings. The number of phenols is 1. The SMILES string of the molecule is N[C@H](c1c(O)cc(Cl)cc1Cl)[C@@H](O)C(F)(F)F. The predicted octanol–water partition coefficient (Wildman–Crippen LogP) is 2.62. The molecule has 0 bridgehead atoms. The van der Waals surface area contributed by atoms with Crippen LogP contribution in [0.15, 0.2) is 12.1 Å². The highest BCUT2D eigenvalue weighted by Crippen LogP contribution is 2.38. The molecule has 0 amide bonds. The minimum atomic E-state index is -4.91. The average molecular weight is 290 g/mol. The van der Waals surface area contributed by atoms with Gasteiger partial charge >= 0.3 is 6.18 Å². The number of halogens is 5. The fourth-order valence-electron chi connectivity index (χ4n) is 1.26. The average Bonchev–Trinajstić information content (AvgIpc) is 2.13. The smallest absolute Gasteiger partial charge is 0.416 e. The standard InChI is InChI=1S/C9H8Cl2F3NO2/c10-3-1-4(11)6(5(16)2-3)7(15)8(17)9(12,13)14/h1-2,7-8,16-17H,15H2/t7-,8-/m1/s1. The molecule has 0 aliphatic heterocycles. The first kappa shape index (κ1) is 14.4. The molecule has 96 valence electrons. The third-order valence-electron chi connectivity index (χ3n) is 2.08. The van der Waals surface area contributed by atoms with Gasteiger partial charge in [-0.25, -0.2) is 0 Å². The van der Waals surface area contributed by atoms with Gasteiger partial charge in [-0.2, -0.15) is 13.2 Å². The van der Waals surface area contributed by atoms with E-state index in [1.54, 1.807) is 0 Å². The zero-order valence-electron chi connectivity index (χ0n) is 8.17. The maximum absolute atomic E-state index is 12.2. The second-order valence-corrected chi connectivity index (χ2v) is 4.18. The van der Waals surface area contributed by atoms with Gasteiger partial charge in [0, 0.05) is 10.6 Å². The van der Waals surface area contributed by atoms with Crippen LogP contribution in [0.1, 0.15) is 11.6 Å². The molecule has 1 rings (SSSR count). The molecule has 3 nitrogen and oxygen atoms in total. The topological polar surface area (TPSA) is 66.5 Å². The number of nitrogens with two attached hydrogens (primary N) is 1. The van der Waals surface area contributed by atoms with Gasteiger partial charge in [-0.05, 0) is 12.1 Å². The van der Waals surface area contributed by atoms with E-state index < -0.39 is 29.6 Å². The van der Waals surface area contributed by atoms with E-state index in [1.807, 2.05) is 0 Å². The van der Waals surface area contributed by atoms with Gasteiger partial charge in [-0.15, -0.1) is 0 Å². The first-order valence-corrected chi connectivity index (χ1v) is 5.08. The molecular formula is C9H8Cl2F3NO2. The molecule has 1 aromatic rings. The van der Waals surface area contributed by atoms with E-state index in [0.29, 0.717) is 0 Å². The monoisotopic (exact) mass is 289 g/mol. The fraction of sp³-hybridized carbons (Fsp3) is 0.333. The molecule has 0 saturated heterocycles. The molecule has 0 radical (unpaired) electrons. The fourth-order valence-corrected chi connectivity index (χ4v) is 1.87. The van der Waals surface area contributed by atoms with E-state index in [-0.39, 0.29) is 10.0 Å². The normalized spacial score (nSPS) is 15.7. The Balaban J connectivity index is 3.17. The van der Waals surface area contributed by atoms with Crippen molar-refractivity contribution in [2.45, 2.75) is 18.3 Å². The van der Waals surface area contributed by atoms with Crippen molar-refractivity contribution in [3.05, 3.63) is 27.7 Å². The number of aliphatic hydroxyl groups is 1. The molecule has 0 heterocycles. The van der Waals surface area contributed by atoms with Crippen molar-refractivity contribution in [2.24, 2.45) is 5.73 Å². The Labute approximate surface area is 105 Å². The van der Waals surface area contributed by atoms with E-state index in [2.05, 4.69) is 0 Å². The van der Waals surface area contributed by atoms with Gasteiger partial charge in [-0.1, -0.05) is 23.2 Å². The van der Waals surface area contributed by atoms with Gasteiger partial charge in [0.25, 0.3) is 0 Å². The molecule has 0 aromatic heterocycles. The molecular weight excluding hydrogens is 282 g/mol. The molecule has 0 aliphatic carbocycles. The van der Waals surface area contributed by atoms with Gasteiger partial charge in [-0.3, -0.25) is 0 Å². The highest BCUT2D eigenvalue weighted by Gasteiger charge is 2.44. The first-order chi connectivity index (χ1) is 7.64. The summed E-state index contributed by atoms with van der Waals surface area (Å²) in [6, 6.07) is 0.229. The lowest BCUT2D eigenvalue weighted by atomic mass is 10.0. The van der Waals surface area contributed by atoms with Gasteiger partial charge in [0.15, 0.2) is 6.10 Å². The lowest BCUT2D eigenvalue weighted by Gasteiger charge is -2.23. The van der Waals surface area contributed by atoms with Crippen LogP contribution in [-0.4, -0.2) is 22.5 Å². The molecule has 0 unspecified atom stereocenters. The van der Waals surface area contributed by atoms with Crippen LogP contribution in [0.3, 0.4) is 0 Å². The Morgan fingerprint density at radius 2 is 1.76 bits per heavy atom. The minimum Gasteiger partial charge on any atom is -0.507 e. The number of benzene rings is 1. The second-order valence-electron chi connectivity index (χ2n) is 3.33. The van der Waals surface area contributed by atoms with Gasteiger partial charge in [0.1, 0.15) is 5.75 Å². The second kappa shape index (κ2) is 4.89. The zero-order chi connectivity index (χ0) is 13.4. The minimum absolute atomic E-state index is 0.0462. The Bertz CT molecular complexity index is 402. The van der Waals surface area contributed by atoms with Crippen molar-refractivity contribution in [3.8, 4) is 5.75 Å². The Hall–Kier alpha value is -0.690. The van der Waals surface area contributed by atoms with E-state index in [9.17, 15) is 18.3 Å². The van der Waals surface area contributed by atoms with Crippen LogP contribution in [0.2, 0.25) is 10.0 Å². The van der Waals surface area contributed by atoms with Gasteiger partial charge in [0.2, 0.25) is 0 Å². The van der Waals surface area contributed by atoms with Crippen molar-refractivity contribution in [3.63, 3.8) is 0 Å². The maximum atomic E-state index is 12.2. The molecule has 0 spiro atoms. The number of phenolic OH excluding ortho intramolecular Hbond substituents is 1. The highest BCUT2D eigenvalue weighted by molar-refractivity contribution is 6.35. The summed E-state index contributed by atoms with van der Waals surface area (Å²) in [5.41, 5.74) is 4.82. The zero-order valence-corrected chi connectivity index (χ0v) is 9.68. The molecule has 1 aromatic carbocycles. The summed E-state index contributed by atoms with van der Waals surface area (Å²) in [6.45, 7) is 0. The number of hydrogen-bond donors (Lipinski definition) is 3. The molecule has 8 heteroatoms. The predicted molar refractivity (Wildman–Crippen MR) is 57.1 cm³/mol. The summed E-state index contributed by atoms with van der Waals surface area (Å²) in [4.78, 5) is 0. The first-order valence-electron chi connectivity index (χ1n) is 4.33. The number of rotatable bonds is 2. The highest BCUT2D eigenvalue weighted by atomic mass is 35.5. The third kappa shape index (κ3) is 3.16. The Morgan fingerprint density at radius 3 is 2.18 bits per heavy atom. The van der Waals surface area contributed by atoms with Gasteiger partial charge < -0.3 is 15.9 Å². The van der Waals surface area contributed by atoms with Crippen molar-refractivity contribution in [2.75, 3.05) is 0 Å². The van der Waals surface area contributed by atoms with Crippen LogP contribution in [0.5, 0.6) is 5.75 Å². The molecule has 4 N–H and O–H groups in total. The van der Waals surface area contributed by atoms with E-state index in [4.69, 9.17) is 34.0 Å². The summed E-state index contributed by atoms with van der Waals surface area (Å²) in [7, 11) is 0. The van der Waals surface area contributed by atoms with Gasteiger partial charge in [0.05, 0.1) is 11.1 Å². The van der Waals surface area contributed by atoms with Crippen LogP contribution in [-0.2, 0) is 0 Å². The van der Waals surface area contributed by atoms with Crippen molar-refractivity contribution in [1.29, 1.82) is 0 Å². The quantitative estimate of drug-likeness (QED) is 0.784. The van der Waals surface area contributed by atoms with E-state index >= 15 is 0 Å². The van der Waals surface area contributed by atoms with Crippen molar-refractivity contribution >= 4 is 23.2 Å². The van der Waals surface area contributed by atoms with E-state index in [1.165, 1.54) is 0 Å². The van der Waals surface area contributed by atoms with Crippen LogP contribution in [0.4, 0.5) is 13.2 Å². The van der Waals surface area contributed by atoms with Crippen LogP contribution in [0.25, 0.3) is 0 Å². The van der Waals surface area contributed by atoms with Crippen LogP contribution >= 0.6 is 23.2 Å². The molecule has 0 aliphatic rings. The summed E-state index contributed by atoms with van der Waals surface area (Å²) < 4.78 is 36.7. The summed E-state index contributed by atoms with van der Waals surface area (Å²) in [5.74, 6) is -0.599. The Kier molecular flexibility index (Phi) is 4.14. The molecule has 2 atom stereocenters. The number of hydrogen-bond acceptors (Lipinski definition) is 3. The summed E-state index contributed by atoms with van der Waals surface area (Å²) in [5, 5.41) is 18.2. The molecule has 17 heavy (non-hydrogen) atoms. The lowest BCUT2D eigenvalue weighted by Crippen LogP contribution is -2.39. The summed E-state index contributed by atoms with van der Waals surface area (Å²) in [6.07, 6.45) is -7.73.